The highest BCUT2D eigenvalue weighted by Crippen LogP contribution is 2.22. The Morgan fingerprint density at radius 2 is 1.74 bits per heavy atom. The first kappa shape index (κ1) is 17.0. The van der Waals surface area contributed by atoms with Crippen molar-refractivity contribution in [1.29, 1.82) is 0 Å². The summed E-state index contributed by atoms with van der Waals surface area (Å²) in [6.07, 6.45) is 3.28. The van der Waals surface area contributed by atoms with Crippen molar-refractivity contribution in [3.8, 4) is 0 Å². The fourth-order valence-corrected chi connectivity index (χ4v) is 2.22. The van der Waals surface area contributed by atoms with Gasteiger partial charge in [0.05, 0.1) is 6.61 Å². The molecule has 0 aliphatic carbocycles. The summed E-state index contributed by atoms with van der Waals surface area (Å²) in [6, 6.07) is 15.4. The molecule has 0 unspecified atom stereocenters. The van der Waals surface area contributed by atoms with Crippen LogP contribution < -0.4 is 5.32 Å². The highest BCUT2D eigenvalue weighted by molar-refractivity contribution is 6.02. The summed E-state index contributed by atoms with van der Waals surface area (Å²) in [5, 5.41) is 12.0. The summed E-state index contributed by atoms with van der Waals surface area (Å²) in [4.78, 5) is 12.0. The smallest absolute Gasteiger partial charge is 0.248 e. The van der Waals surface area contributed by atoms with Crippen LogP contribution in [0.5, 0.6) is 0 Å². The van der Waals surface area contributed by atoms with Crippen molar-refractivity contribution in [2.24, 2.45) is 0 Å². The molecule has 0 aromatic heterocycles. The third-order valence-electron chi connectivity index (χ3n) is 3.65. The summed E-state index contributed by atoms with van der Waals surface area (Å²) in [6.45, 7) is 6.41. The van der Waals surface area contributed by atoms with Gasteiger partial charge in [0.1, 0.15) is 0 Å². The van der Waals surface area contributed by atoms with Crippen molar-refractivity contribution in [1.82, 2.24) is 0 Å². The number of aliphatic hydroxyl groups is 1. The molecule has 120 valence electrons. The first-order chi connectivity index (χ1) is 10.9. The highest BCUT2D eigenvalue weighted by atomic mass is 16.3. The monoisotopic (exact) mass is 309 g/mol. The van der Waals surface area contributed by atoms with Crippen LogP contribution in [-0.2, 0) is 16.8 Å². The van der Waals surface area contributed by atoms with Crippen molar-refractivity contribution < 1.29 is 9.90 Å². The largest absolute Gasteiger partial charge is 0.392 e. The number of carbonyl (C=O) groups excluding carboxylic acids is 1. The third-order valence-corrected chi connectivity index (χ3v) is 3.65. The number of rotatable bonds is 4. The number of hydrogen-bond acceptors (Lipinski definition) is 2. The molecule has 0 aliphatic rings. The fraction of sp³-hybridized carbons (Fsp3) is 0.250. The summed E-state index contributed by atoms with van der Waals surface area (Å²) < 4.78 is 0. The highest BCUT2D eigenvalue weighted by Gasteiger charge is 2.12. The second-order valence-corrected chi connectivity index (χ2v) is 6.51. The molecule has 0 aliphatic heterocycles. The van der Waals surface area contributed by atoms with Gasteiger partial charge in [-0.2, -0.15) is 0 Å². The topological polar surface area (TPSA) is 49.3 Å². The Bertz CT molecular complexity index is 694. The lowest BCUT2D eigenvalue weighted by atomic mass is 9.87. The van der Waals surface area contributed by atoms with Crippen molar-refractivity contribution in [2.75, 3.05) is 5.32 Å². The SMILES string of the molecule is CC(C)(C)c1ccc(C=CC(=O)Nc2ccccc2CO)cc1. The van der Waals surface area contributed by atoms with Gasteiger partial charge in [0.15, 0.2) is 0 Å². The molecule has 2 rings (SSSR count). The van der Waals surface area contributed by atoms with Crippen LogP contribution in [0.3, 0.4) is 0 Å². The maximum absolute atomic E-state index is 12.0. The van der Waals surface area contributed by atoms with Crippen molar-refractivity contribution >= 4 is 17.7 Å². The zero-order valence-corrected chi connectivity index (χ0v) is 13.8. The number of benzene rings is 2. The molecule has 2 aromatic carbocycles. The lowest BCUT2D eigenvalue weighted by Gasteiger charge is -2.18. The van der Waals surface area contributed by atoms with Gasteiger partial charge in [-0.25, -0.2) is 0 Å². The number of amides is 1. The minimum Gasteiger partial charge on any atom is -0.392 e. The average Bonchev–Trinajstić information content (AvgIpc) is 2.53. The summed E-state index contributed by atoms with van der Waals surface area (Å²) >= 11 is 0. The first-order valence-corrected chi connectivity index (χ1v) is 7.68. The molecule has 0 bridgehead atoms. The van der Waals surface area contributed by atoms with E-state index in [1.807, 2.05) is 24.3 Å². The van der Waals surface area contributed by atoms with E-state index in [9.17, 15) is 9.90 Å². The predicted octanol–water partition coefficient (Wildman–Crippen LogP) is 4.13. The van der Waals surface area contributed by atoms with Crippen LogP contribution in [-0.4, -0.2) is 11.0 Å². The molecule has 1 amide bonds. The van der Waals surface area contributed by atoms with E-state index in [4.69, 9.17) is 0 Å². The lowest BCUT2D eigenvalue weighted by Crippen LogP contribution is -2.10. The number of aliphatic hydroxyl groups excluding tert-OH is 1. The van der Waals surface area contributed by atoms with E-state index in [1.165, 1.54) is 11.6 Å². The Morgan fingerprint density at radius 1 is 1.09 bits per heavy atom. The van der Waals surface area contributed by atoms with Crippen molar-refractivity contribution in [2.45, 2.75) is 32.8 Å². The summed E-state index contributed by atoms with van der Waals surface area (Å²) in [5.41, 5.74) is 3.68. The maximum Gasteiger partial charge on any atom is 0.248 e. The zero-order chi connectivity index (χ0) is 16.9. The Hall–Kier alpha value is -2.39. The Labute approximate surface area is 137 Å². The van der Waals surface area contributed by atoms with Gasteiger partial charge in [0.25, 0.3) is 0 Å². The Morgan fingerprint density at radius 3 is 2.35 bits per heavy atom. The van der Waals surface area contributed by atoms with Crippen LogP contribution in [0.2, 0.25) is 0 Å². The molecule has 23 heavy (non-hydrogen) atoms. The molecule has 3 heteroatoms. The van der Waals surface area contributed by atoms with Crippen LogP contribution in [0.4, 0.5) is 5.69 Å². The number of carbonyl (C=O) groups is 1. The van der Waals surface area contributed by atoms with E-state index < -0.39 is 0 Å². The predicted molar refractivity (Wildman–Crippen MR) is 95.2 cm³/mol. The summed E-state index contributed by atoms with van der Waals surface area (Å²) in [5.74, 6) is -0.217. The van der Waals surface area contributed by atoms with Gasteiger partial charge in [-0.1, -0.05) is 63.2 Å². The number of hydrogen-bond donors (Lipinski definition) is 2. The molecule has 0 atom stereocenters. The van der Waals surface area contributed by atoms with Crippen LogP contribution in [0.25, 0.3) is 6.08 Å². The first-order valence-electron chi connectivity index (χ1n) is 7.68. The van der Waals surface area contributed by atoms with Crippen LogP contribution >= 0.6 is 0 Å². The third kappa shape index (κ3) is 4.80. The molecule has 2 aromatic rings. The quantitative estimate of drug-likeness (QED) is 0.834. The number of nitrogens with one attached hydrogen (secondary N) is 1. The summed E-state index contributed by atoms with van der Waals surface area (Å²) in [7, 11) is 0. The minimum atomic E-state index is -0.217. The van der Waals surface area contributed by atoms with Crippen molar-refractivity contribution in [3.05, 3.63) is 71.3 Å². The van der Waals surface area contributed by atoms with Crippen LogP contribution in [0, 0.1) is 0 Å². The van der Waals surface area contributed by atoms with E-state index in [2.05, 4.69) is 38.2 Å². The molecular formula is C20H23NO2. The van der Waals surface area contributed by atoms with E-state index in [0.717, 1.165) is 5.56 Å². The maximum atomic E-state index is 12.0. The van der Waals surface area contributed by atoms with E-state index in [-0.39, 0.29) is 17.9 Å². The van der Waals surface area contributed by atoms with Gasteiger partial charge in [0.2, 0.25) is 5.91 Å². The second kappa shape index (κ2) is 7.25. The average molecular weight is 309 g/mol. The van der Waals surface area contributed by atoms with E-state index >= 15 is 0 Å². The molecule has 0 fully saturated rings. The molecule has 0 spiro atoms. The van der Waals surface area contributed by atoms with E-state index in [1.54, 1.807) is 18.2 Å². The van der Waals surface area contributed by atoms with Gasteiger partial charge in [-0.05, 0) is 28.7 Å². The molecule has 0 radical (unpaired) electrons. The fourth-order valence-electron chi connectivity index (χ4n) is 2.22. The van der Waals surface area contributed by atoms with Gasteiger partial charge < -0.3 is 10.4 Å². The Balaban J connectivity index is 2.04. The van der Waals surface area contributed by atoms with Crippen molar-refractivity contribution in [3.63, 3.8) is 0 Å². The molecule has 3 nitrogen and oxygen atoms in total. The van der Waals surface area contributed by atoms with Gasteiger partial charge >= 0.3 is 0 Å². The van der Waals surface area contributed by atoms with Crippen LogP contribution in [0.15, 0.2) is 54.6 Å². The standard InChI is InChI=1S/C20H23NO2/c1-20(2,3)17-11-8-15(9-12-17)10-13-19(23)21-18-7-5-4-6-16(18)14-22/h4-13,22H,14H2,1-3H3,(H,21,23). The van der Waals surface area contributed by atoms with Gasteiger partial charge in [0, 0.05) is 17.3 Å². The van der Waals surface area contributed by atoms with Crippen LogP contribution in [0.1, 0.15) is 37.5 Å². The minimum absolute atomic E-state index is 0.103. The molecule has 0 heterocycles. The normalized spacial score (nSPS) is 11.7. The van der Waals surface area contributed by atoms with Gasteiger partial charge in [-0.15, -0.1) is 0 Å². The lowest BCUT2D eigenvalue weighted by molar-refractivity contribution is -0.111. The Kier molecular flexibility index (Phi) is 5.35. The molecular weight excluding hydrogens is 286 g/mol. The second-order valence-electron chi connectivity index (χ2n) is 6.51. The van der Waals surface area contributed by atoms with E-state index in [0.29, 0.717) is 11.3 Å². The molecule has 2 N–H and O–H groups in total. The molecule has 0 saturated heterocycles. The number of anilines is 1. The molecule has 0 saturated carbocycles. The zero-order valence-electron chi connectivity index (χ0n) is 13.8. The van der Waals surface area contributed by atoms with Gasteiger partial charge in [-0.3, -0.25) is 4.79 Å². The number of para-hydroxylation sites is 1.